The predicted octanol–water partition coefficient (Wildman–Crippen LogP) is 19.4. The summed E-state index contributed by atoms with van der Waals surface area (Å²) in [5.74, 6) is 5.99. The third-order valence-corrected chi connectivity index (χ3v) is 18.1. The van der Waals surface area contributed by atoms with Crippen LogP contribution < -0.4 is 56.8 Å². The molecule has 14 rings (SSSR count). The summed E-state index contributed by atoms with van der Waals surface area (Å²) >= 11 is 0. The maximum Gasteiger partial charge on any atom is 0.211 e. The molecule has 0 radical (unpaired) electrons. The van der Waals surface area contributed by atoms with E-state index in [9.17, 15) is 0 Å². The number of hydrogen-bond acceptors (Lipinski definition) is 12. The smallest absolute Gasteiger partial charge is 0.211 e. The second kappa shape index (κ2) is 30.7. The van der Waals surface area contributed by atoms with Crippen LogP contribution in [0.15, 0.2) is 267 Å². The Morgan fingerprint density at radius 2 is 0.430 bits per heavy atom. The highest BCUT2D eigenvalue weighted by Crippen LogP contribution is 2.61. The monoisotopic (exact) mass is 1330 g/mol. The van der Waals surface area contributed by atoms with Crippen LogP contribution in [-0.4, -0.2) is 32.9 Å². The van der Waals surface area contributed by atoms with Crippen molar-refractivity contribution in [1.29, 1.82) is 0 Å². The van der Waals surface area contributed by atoms with E-state index in [1.54, 1.807) is 28.4 Å². The van der Waals surface area contributed by atoms with Gasteiger partial charge in [0.05, 0.1) is 28.4 Å². The van der Waals surface area contributed by atoms with Crippen molar-refractivity contribution in [3.05, 3.63) is 328 Å². The third kappa shape index (κ3) is 14.6. The quantitative estimate of drug-likeness (QED) is 0.0457. The van der Waals surface area contributed by atoms with Crippen molar-refractivity contribution in [3.63, 3.8) is 0 Å². The Kier molecular flexibility index (Phi) is 20.1. The van der Waals surface area contributed by atoms with E-state index in [1.165, 1.54) is 0 Å². The lowest BCUT2D eigenvalue weighted by molar-refractivity contribution is -0.978. The minimum absolute atomic E-state index is 0.213. The molecule has 1 spiro atoms. The fourth-order valence-corrected chi connectivity index (χ4v) is 13.5. The molecule has 0 fully saturated rings. The van der Waals surface area contributed by atoms with Gasteiger partial charge in [0.25, 0.3) is 0 Å². The van der Waals surface area contributed by atoms with Gasteiger partial charge < -0.3 is 61.3 Å². The summed E-state index contributed by atoms with van der Waals surface area (Å²) in [7, 11) is 6.75. The maximum absolute atomic E-state index is 7.10. The first-order chi connectivity index (χ1) is 49.3. The number of hydrogen-bond donors (Lipinski definition) is 0. The molecule has 0 saturated carbocycles. The van der Waals surface area contributed by atoms with E-state index in [-0.39, 0.29) is 46.2 Å². The zero-order valence-corrected chi connectivity index (χ0v) is 56.5. The molecule has 0 atom stereocenters. The average Bonchev–Trinajstić information content (AvgIpc) is 1.52. The van der Waals surface area contributed by atoms with Crippen LogP contribution in [0.3, 0.4) is 0 Å². The molecule has 13 nitrogen and oxygen atoms in total. The standard InChI is InChI=1S/C87H78NO12/c1-89-84-76-67(45-72(93-53-60-29-13-5-14-30-60)80(84)97-57-64-37-21-9-22-38-64)49-88(50-68-46-73(94-54-61-31-15-6-16-32-61)81(85(90-2)77(68)76)98-58-65-39-23-10-24-40-65)51-69-47-74(95-55-62-33-17-7-18-34-62)82(99-59-66-41-25-11-26-42-66)86(91-3)78(69)79-70(52-88)48-75(96-56-63-35-19-8-20-36-63)83(87(79)92-4)100-71-43-27-12-28-44-71/h5-48H,49-59H2,1-4H3/q+1. The van der Waals surface area contributed by atoms with Crippen molar-refractivity contribution in [3.8, 4) is 97.0 Å². The molecular weight excluding hydrogens is 1250 g/mol. The Labute approximate surface area is 584 Å². The Balaban J connectivity index is 1.06. The summed E-state index contributed by atoms with van der Waals surface area (Å²) in [6.07, 6.45) is 0. The molecule has 0 bridgehead atoms. The average molecular weight is 1330 g/mol. The van der Waals surface area contributed by atoms with Crippen molar-refractivity contribution >= 4 is 0 Å². The van der Waals surface area contributed by atoms with Crippen molar-refractivity contribution in [1.82, 2.24) is 0 Å². The Morgan fingerprint density at radius 1 is 0.230 bits per heavy atom. The van der Waals surface area contributed by atoms with Crippen LogP contribution in [0.5, 0.6) is 74.7 Å². The van der Waals surface area contributed by atoms with E-state index in [4.69, 9.17) is 56.8 Å². The van der Waals surface area contributed by atoms with Gasteiger partial charge in [0.2, 0.25) is 23.0 Å². The van der Waals surface area contributed by atoms with E-state index in [1.807, 2.05) is 194 Å². The molecule has 0 aliphatic carbocycles. The fraction of sp³-hybridized carbons (Fsp3) is 0.172. The molecule has 100 heavy (non-hydrogen) atoms. The van der Waals surface area contributed by atoms with E-state index in [0.717, 1.165) is 83.5 Å². The van der Waals surface area contributed by atoms with Crippen LogP contribution in [0.25, 0.3) is 22.3 Å². The van der Waals surface area contributed by atoms with Gasteiger partial charge in [-0.2, -0.15) is 0 Å². The fourth-order valence-electron chi connectivity index (χ4n) is 13.5. The number of fused-ring (bicyclic) bond motifs is 6. The van der Waals surface area contributed by atoms with Gasteiger partial charge in [-0.15, -0.1) is 0 Å². The molecule has 12 aromatic carbocycles. The SMILES string of the molecule is COc1c(OCc2ccccc2)c(OCc2ccccc2)cc2c1-c1c(cc(OCc3ccccc3)c(OCc3ccccc3)c1OC)C[N+]1(C2)Cc2cc(OCc3ccccc3)c(OCc3ccccc3)c(OC)c2-c2c(cc(OCc3ccccc3)c(Oc3ccccc3)c2OC)C1. The molecule has 0 N–H and O–H groups in total. The van der Waals surface area contributed by atoms with Gasteiger partial charge in [-0.05, 0) is 75.3 Å². The van der Waals surface area contributed by atoms with Crippen molar-refractivity contribution in [2.75, 3.05) is 28.4 Å². The number of para-hydroxylation sites is 1. The first-order valence-corrected chi connectivity index (χ1v) is 33.6. The number of ether oxygens (including phenoxy) is 12. The van der Waals surface area contributed by atoms with Gasteiger partial charge in [-0.25, -0.2) is 0 Å². The lowest BCUT2D eigenvalue weighted by Gasteiger charge is -2.38. The number of quaternary nitrogens is 1. The number of rotatable bonds is 27. The molecule has 2 aliphatic rings. The van der Waals surface area contributed by atoms with Gasteiger partial charge in [-0.1, -0.05) is 231 Å². The van der Waals surface area contributed by atoms with E-state index >= 15 is 0 Å². The van der Waals surface area contributed by atoms with Gasteiger partial charge >= 0.3 is 0 Å². The van der Waals surface area contributed by atoms with Crippen molar-refractivity contribution in [2.45, 2.75) is 72.4 Å². The second-order valence-corrected chi connectivity index (χ2v) is 24.9. The summed E-state index contributed by atoms with van der Waals surface area (Å²) in [6, 6.07) is 89.1. The molecule has 2 heterocycles. The Morgan fingerprint density at radius 3 is 0.660 bits per heavy atom. The molecule has 12 aromatic rings. The zero-order valence-electron chi connectivity index (χ0n) is 56.5. The Bertz CT molecular complexity index is 4570. The minimum Gasteiger partial charge on any atom is -0.492 e. The lowest BCUT2D eigenvalue weighted by Crippen LogP contribution is -2.44. The maximum atomic E-state index is 7.10. The second-order valence-electron chi connectivity index (χ2n) is 24.9. The van der Waals surface area contributed by atoms with Gasteiger partial charge in [0.15, 0.2) is 46.0 Å². The number of methoxy groups -OCH3 is 4. The van der Waals surface area contributed by atoms with Gasteiger partial charge in [-0.3, -0.25) is 0 Å². The largest absolute Gasteiger partial charge is 0.492 e. The van der Waals surface area contributed by atoms with Crippen LogP contribution in [0, 0.1) is 0 Å². The molecule has 0 aromatic heterocycles. The summed E-state index contributed by atoms with van der Waals surface area (Å²) in [4.78, 5) is 0. The highest BCUT2D eigenvalue weighted by Gasteiger charge is 2.45. The van der Waals surface area contributed by atoms with Crippen molar-refractivity contribution in [2.24, 2.45) is 0 Å². The highest BCUT2D eigenvalue weighted by molar-refractivity contribution is 5.90. The van der Waals surface area contributed by atoms with E-state index in [0.29, 0.717) is 105 Å². The van der Waals surface area contributed by atoms with Crippen LogP contribution in [0.1, 0.15) is 61.2 Å². The molecule has 0 amide bonds. The molecule has 0 unspecified atom stereocenters. The molecule has 13 heteroatoms. The van der Waals surface area contributed by atoms with E-state index in [2.05, 4.69) is 72.8 Å². The number of nitrogens with zero attached hydrogens (tertiary/aromatic N) is 1. The van der Waals surface area contributed by atoms with Crippen LogP contribution in [0.2, 0.25) is 0 Å². The normalized spacial score (nSPS) is 12.4. The first-order valence-electron chi connectivity index (χ1n) is 33.6. The Hall–Kier alpha value is -11.8. The third-order valence-electron chi connectivity index (χ3n) is 18.1. The highest BCUT2D eigenvalue weighted by atomic mass is 16.6. The van der Waals surface area contributed by atoms with Crippen molar-refractivity contribution < 1.29 is 61.3 Å². The summed E-state index contributed by atoms with van der Waals surface area (Å²) in [5, 5.41) is 0. The van der Waals surface area contributed by atoms with Crippen LogP contribution >= 0.6 is 0 Å². The van der Waals surface area contributed by atoms with Crippen LogP contribution in [-0.2, 0) is 72.4 Å². The molecular formula is C87H78NO12+. The lowest BCUT2D eigenvalue weighted by atomic mass is 9.93. The molecule has 0 saturated heterocycles. The summed E-state index contributed by atoms with van der Waals surface area (Å²) in [6.45, 7) is 3.10. The minimum atomic E-state index is 0.213. The number of benzene rings is 12. The topological polar surface area (TPSA) is 111 Å². The van der Waals surface area contributed by atoms with Crippen LogP contribution in [0.4, 0.5) is 0 Å². The van der Waals surface area contributed by atoms with Gasteiger partial charge in [0, 0.05) is 44.5 Å². The summed E-state index contributed by atoms with van der Waals surface area (Å²) in [5.41, 5.74) is 13.3. The molecule has 2 aliphatic heterocycles. The zero-order chi connectivity index (χ0) is 68.0. The molecule has 502 valence electrons. The summed E-state index contributed by atoms with van der Waals surface area (Å²) < 4.78 is 84.5. The predicted molar refractivity (Wildman–Crippen MR) is 387 cm³/mol. The van der Waals surface area contributed by atoms with Gasteiger partial charge in [0.1, 0.15) is 78.2 Å². The van der Waals surface area contributed by atoms with E-state index < -0.39 is 0 Å². The first kappa shape index (κ1) is 65.5.